The summed E-state index contributed by atoms with van der Waals surface area (Å²) in [5, 5.41) is 9.53. The summed E-state index contributed by atoms with van der Waals surface area (Å²) < 4.78 is 14.4. The largest absolute Gasteiger partial charge is 0.282 e. The molecule has 28 heavy (non-hydrogen) atoms. The van der Waals surface area contributed by atoms with Crippen LogP contribution in [0.1, 0.15) is 28.8 Å². The standard InChI is InChI=1S/C21H17ClFN3OS/c1-2-13-8-10-15(11-9-13)19-24-25-21(28-19)26(12-14-6-7-14)20(27)16-4-3-5-17(22)18(16)23/h2-5,8-11,14H,1,6-7,12H2. The third-order valence-electron chi connectivity index (χ3n) is 4.60. The van der Waals surface area contributed by atoms with Crippen LogP contribution < -0.4 is 4.90 Å². The summed E-state index contributed by atoms with van der Waals surface area (Å²) >= 11 is 7.17. The minimum atomic E-state index is -0.709. The molecule has 1 amide bonds. The molecule has 3 aromatic rings. The van der Waals surface area contributed by atoms with Crippen LogP contribution in [-0.2, 0) is 0 Å². The molecule has 2 aromatic carbocycles. The molecule has 1 fully saturated rings. The van der Waals surface area contributed by atoms with Crippen molar-refractivity contribution in [3.8, 4) is 10.6 Å². The van der Waals surface area contributed by atoms with Gasteiger partial charge in [0, 0.05) is 12.1 Å². The van der Waals surface area contributed by atoms with Crippen molar-refractivity contribution in [2.45, 2.75) is 12.8 Å². The number of anilines is 1. The van der Waals surface area contributed by atoms with Crippen molar-refractivity contribution in [3.05, 3.63) is 71.0 Å². The van der Waals surface area contributed by atoms with Crippen LogP contribution in [-0.4, -0.2) is 22.6 Å². The monoisotopic (exact) mass is 413 g/mol. The molecule has 0 spiro atoms. The Kier molecular flexibility index (Phi) is 5.24. The lowest BCUT2D eigenvalue weighted by Gasteiger charge is -2.19. The second-order valence-corrected chi connectivity index (χ2v) is 8.04. The van der Waals surface area contributed by atoms with Gasteiger partial charge in [-0.25, -0.2) is 4.39 Å². The van der Waals surface area contributed by atoms with Crippen molar-refractivity contribution in [3.63, 3.8) is 0 Å². The third-order valence-corrected chi connectivity index (χ3v) is 5.89. The maximum Gasteiger partial charge on any atom is 0.263 e. The average Bonchev–Trinajstić information content (AvgIpc) is 3.41. The van der Waals surface area contributed by atoms with Crippen LogP contribution in [0.4, 0.5) is 9.52 Å². The number of hydrogen-bond acceptors (Lipinski definition) is 4. The van der Waals surface area contributed by atoms with Crippen LogP contribution >= 0.6 is 22.9 Å². The number of aromatic nitrogens is 2. The zero-order valence-corrected chi connectivity index (χ0v) is 16.5. The summed E-state index contributed by atoms with van der Waals surface area (Å²) in [4.78, 5) is 14.6. The molecule has 142 valence electrons. The van der Waals surface area contributed by atoms with E-state index < -0.39 is 11.7 Å². The van der Waals surface area contributed by atoms with Gasteiger partial charge in [0.1, 0.15) is 5.01 Å². The highest BCUT2D eigenvalue weighted by atomic mass is 35.5. The normalized spacial score (nSPS) is 13.4. The number of amides is 1. The predicted molar refractivity (Wildman–Crippen MR) is 111 cm³/mol. The molecule has 0 N–H and O–H groups in total. The molecule has 0 bridgehead atoms. The molecule has 1 aliphatic rings. The van der Waals surface area contributed by atoms with E-state index in [0.29, 0.717) is 22.6 Å². The zero-order valence-electron chi connectivity index (χ0n) is 14.9. The summed E-state index contributed by atoms with van der Waals surface area (Å²) in [6.07, 6.45) is 3.87. The second kappa shape index (κ2) is 7.81. The van der Waals surface area contributed by atoms with E-state index in [1.54, 1.807) is 12.1 Å². The number of carbonyl (C=O) groups is 1. The smallest absolute Gasteiger partial charge is 0.263 e. The number of benzene rings is 2. The Morgan fingerprint density at radius 3 is 2.68 bits per heavy atom. The molecular weight excluding hydrogens is 397 g/mol. The molecule has 1 aromatic heterocycles. The molecule has 4 nitrogen and oxygen atoms in total. The van der Waals surface area contributed by atoms with Crippen molar-refractivity contribution in [1.29, 1.82) is 0 Å². The van der Waals surface area contributed by atoms with E-state index in [1.165, 1.54) is 28.4 Å². The van der Waals surface area contributed by atoms with Crippen LogP contribution in [0.25, 0.3) is 16.6 Å². The molecule has 1 saturated carbocycles. The third kappa shape index (κ3) is 3.84. The van der Waals surface area contributed by atoms with Gasteiger partial charge in [-0.15, -0.1) is 10.2 Å². The molecule has 7 heteroatoms. The van der Waals surface area contributed by atoms with Crippen LogP contribution in [0.15, 0.2) is 49.0 Å². The average molecular weight is 414 g/mol. The van der Waals surface area contributed by atoms with Gasteiger partial charge in [-0.3, -0.25) is 9.69 Å². The van der Waals surface area contributed by atoms with Crippen molar-refractivity contribution in [1.82, 2.24) is 10.2 Å². The van der Waals surface area contributed by atoms with Crippen molar-refractivity contribution < 1.29 is 9.18 Å². The first-order chi connectivity index (χ1) is 13.6. The molecule has 1 heterocycles. The van der Waals surface area contributed by atoms with Gasteiger partial charge in [-0.05, 0) is 36.5 Å². The zero-order chi connectivity index (χ0) is 19.7. The molecule has 0 saturated heterocycles. The maximum atomic E-state index is 14.4. The molecule has 0 atom stereocenters. The highest BCUT2D eigenvalue weighted by Crippen LogP contribution is 2.35. The fourth-order valence-corrected chi connectivity index (χ4v) is 3.86. The Hall–Kier alpha value is -2.57. The number of halogens is 2. The lowest BCUT2D eigenvalue weighted by Crippen LogP contribution is -2.33. The Labute approximate surface area is 171 Å². The van der Waals surface area contributed by atoms with E-state index in [1.807, 2.05) is 24.3 Å². The van der Waals surface area contributed by atoms with Gasteiger partial charge in [0.05, 0.1) is 10.6 Å². The highest BCUT2D eigenvalue weighted by Gasteiger charge is 2.31. The van der Waals surface area contributed by atoms with Crippen LogP contribution in [0.5, 0.6) is 0 Å². The van der Waals surface area contributed by atoms with Crippen LogP contribution in [0.2, 0.25) is 5.02 Å². The van der Waals surface area contributed by atoms with Crippen LogP contribution in [0, 0.1) is 11.7 Å². The fraction of sp³-hybridized carbons (Fsp3) is 0.190. The molecule has 1 aliphatic carbocycles. The van der Waals surface area contributed by atoms with E-state index in [2.05, 4.69) is 16.8 Å². The number of hydrogen-bond donors (Lipinski definition) is 0. The number of nitrogens with zero attached hydrogens (tertiary/aromatic N) is 3. The maximum absolute atomic E-state index is 14.4. The van der Waals surface area contributed by atoms with Crippen LogP contribution in [0.3, 0.4) is 0 Å². The molecular formula is C21H17ClFN3OS. The van der Waals surface area contributed by atoms with Crippen molar-refractivity contribution in [2.24, 2.45) is 5.92 Å². The van der Waals surface area contributed by atoms with Crippen molar-refractivity contribution >= 4 is 40.1 Å². The lowest BCUT2D eigenvalue weighted by atomic mass is 10.1. The Morgan fingerprint density at radius 1 is 1.25 bits per heavy atom. The SMILES string of the molecule is C=Cc1ccc(-c2nnc(N(CC3CC3)C(=O)c3cccc(Cl)c3F)s2)cc1. The Balaban J connectivity index is 1.66. The van der Waals surface area contributed by atoms with Gasteiger partial charge in [-0.1, -0.05) is 65.9 Å². The van der Waals surface area contributed by atoms with Gasteiger partial charge >= 0.3 is 0 Å². The molecule has 0 aliphatic heterocycles. The number of carbonyl (C=O) groups excluding carboxylic acids is 1. The minimum absolute atomic E-state index is 0.0553. The van der Waals surface area contributed by atoms with Gasteiger partial charge in [-0.2, -0.15) is 0 Å². The van der Waals surface area contributed by atoms with E-state index in [0.717, 1.165) is 24.0 Å². The van der Waals surface area contributed by atoms with Gasteiger partial charge in [0.25, 0.3) is 5.91 Å². The van der Waals surface area contributed by atoms with Gasteiger partial charge in [0.15, 0.2) is 5.82 Å². The highest BCUT2D eigenvalue weighted by molar-refractivity contribution is 7.18. The first-order valence-electron chi connectivity index (χ1n) is 8.89. The second-order valence-electron chi connectivity index (χ2n) is 6.68. The van der Waals surface area contributed by atoms with Gasteiger partial charge < -0.3 is 0 Å². The quantitative estimate of drug-likeness (QED) is 0.521. The van der Waals surface area contributed by atoms with E-state index in [9.17, 15) is 9.18 Å². The predicted octanol–water partition coefficient (Wildman–Crippen LogP) is 5.70. The fourth-order valence-electron chi connectivity index (χ4n) is 2.82. The molecule has 0 unspecified atom stereocenters. The molecule has 0 radical (unpaired) electrons. The topological polar surface area (TPSA) is 46.1 Å². The summed E-state index contributed by atoms with van der Waals surface area (Å²) in [7, 11) is 0. The Bertz CT molecular complexity index is 1030. The van der Waals surface area contributed by atoms with Gasteiger partial charge in [0.2, 0.25) is 5.13 Å². The summed E-state index contributed by atoms with van der Waals surface area (Å²) in [6.45, 7) is 4.24. The molecule has 4 rings (SSSR count). The summed E-state index contributed by atoms with van der Waals surface area (Å²) in [5.74, 6) is -0.748. The summed E-state index contributed by atoms with van der Waals surface area (Å²) in [5.41, 5.74) is 1.86. The summed E-state index contributed by atoms with van der Waals surface area (Å²) in [6, 6.07) is 12.2. The van der Waals surface area contributed by atoms with E-state index in [4.69, 9.17) is 11.6 Å². The van der Waals surface area contributed by atoms with E-state index >= 15 is 0 Å². The Morgan fingerprint density at radius 2 is 2.00 bits per heavy atom. The van der Waals surface area contributed by atoms with E-state index in [-0.39, 0.29) is 10.6 Å². The lowest BCUT2D eigenvalue weighted by molar-refractivity contribution is 0.0981. The van der Waals surface area contributed by atoms with Crippen molar-refractivity contribution in [2.75, 3.05) is 11.4 Å². The minimum Gasteiger partial charge on any atom is -0.282 e. The first-order valence-corrected chi connectivity index (χ1v) is 10.1. The first kappa shape index (κ1) is 18.8. The number of rotatable bonds is 6.